The van der Waals surface area contributed by atoms with Crippen molar-refractivity contribution in [3.63, 3.8) is 0 Å². The van der Waals surface area contributed by atoms with Crippen molar-refractivity contribution in [3.8, 4) is 0 Å². The summed E-state index contributed by atoms with van der Waals surface area (Å²) >= 11 is 5.93. The number of nitrogens with zero attached hydrogens (tertiary/aromatic N) is 3. The Morgan fingerprint density at radius 1 is 1.35 bits per heavy atom. The number of nitrogens with one attached hydrogen (secondary N) is 1. The van der Waals surface area contributed by atoms with Crippen LogP contribution in [0.1, 0.15) is 30.9 Å². The number of urea groups is 1. The van der Waals surface area contributed by atoms with Gasteiger partial charge in [0.05, 0.1) is 6.20 Å². The first kappa shape index (κ1) is 17.3. The van der Waals surface area contributed by atoms with E-state index in [2.05, 4.69) is 17.3 Å². The minimum atomic E-state index is -0.0952. The molecule has 2 aromatic rings. The van der Waals surface area contributed by atoms with Gasteiger partial charge in [0.15, 0.2) is 0 Å². The van der Waals surface area contributed by atoms with Crippen LogP contribution in [-0.2, 0) is 13.6 Å². The molecule has 0 spiro atoms. The normalized spacial score (nSPS) is 13.4. The Balaban J connectivity index is 1.93. The number of aromatic nitrogens is 2. The Bertz CT molecular complexity index is 653. The summed E-state index contributed by atoms with van der Waals surface area (Å²) in [5.74, 6) is 0.210. The highest BCUT2D eigenvalue weighted by atomic mass is 35.5. The number of hydrogen-bond acceptors (Lipinski definition) is 2. The molecule has 0 aliphatic carbocycles. The summed E-state index contributed by atoms with van der Waals surface area (Å²) in [7, 11) is 3.67. The molecule has 1 aromatic heterocycles. The number of benzene rings is 1. The average molecular weight is 335 g/mol. The molecule has 23 heavy (non-hydrogen) atoms. The number of aryl methyl sites for hydroxylation is 1. The lowest BCUT2D eigenvalue weighted by Gasteiger charge is -2.30. The van der Waals surface area contributed by atoms with Crippen molar-refractivity contribution in [3.05, 3.63) is 52.8 Å². The van der Waals surface area contributed by atoms with Crippen LogP contribution in [0, 0.1) is 0 Å². The van der Waals surface area contributed by atoms with E-state index in [1.807, 2.05) is 51.5 Å². The van der Waals surface area contributed by atoms with Crippen LogP contribution in [-0.4, -0.2) is 33.8 Å². The first-order chi connectivity index (χ1) is 10.9. The molecule has 1 N–H and O–H groups in total. The van der Waals surface area contributed by atoms with E-state index in [4.69, 9.17) is 11.6 Å². The quantitative estimate of drug-likeness (QED) is 0.911. The summed E-state index contributed by atoms with van der Waals surface area (Å²) in [4.78, 5) is 14.1. The molecule has 124 valence electrons. The molecule has 2 unspecified atom stereocenters. The van der Waals surface area contributed by atoms with E-state index >= 15 is 0 Å². The molecule has 2 atom stereocenters. The third-order valence-corrected chi connectivity index (χ3v) is 4.50. The predicted molar refractivity (Wildman–Crippen MR) is 92.5 cm³/mol. The minimum absolute atomic E-state index is 0.0603. The van der Waals surface area contributed by atoms with E-state index < -0.39 is 0 Å². The zero-order valence-electron chi connectivity index (χ0n) is 14.0. The molecule has 0 saturated carbocycles. The maximum atomic E-state index is 12.3. The Labute approximate surface area is 142 Å². The SMILES string of the molecule is CC(c1ccc(Cl)cc1)C(C)N(C)C(=O)NCc1cnn(C)c1. The monoisotopic (exact) mass is 334 g/mol. The van der Waals surface area contributed by atoms with Gasteiger partial charge in [-0.25, -0.2) is 4.79 Å². The molecular weight excluding hydrogens is 312 g/mol. The van der Waals surface area contributed by atoms with Gasteiger partial charge in [-0.15, -0.1) is 0 Å². The highest BCUT2D eigenvalue weighted by Gasteiger charge is 2.22. The largest absolute Gasteiger partial charge is 0.334 e. The van der Waals surface area contributed by atoms with Crippen LogP contribution >= 0.6 is 11.6 Å². The van der Waals surface area contributed by atoms with Crippen molar-refractivity contribution in [2.45, 2.75) is 32.4 Å². The van der Waals surface area contributed by atoms with Gasteiger partial charge in [-0.3, -0.25) is 4.68 Å². The van der Waals surface area contributed by atoms with Gasteiger partial charge >= 0.3 is 6.03 Å². The van der Waals surface area contributed by atoms with Gasteiger partial charge in [0.1, 0.15) is 0 Å². The van der Waals surface area contributed by atoms with E-state index in [1.165, 1.54) is 0 Å². The van der Waals surface area contributed by atoms with E-state index in [1.54, 1.807) is 15.8 Å². The summed E-state index contributed by atoms with van der Waals surface area (Å²) in [6, 6.07) is 7.73. The number of halogens is 1. The van der Waals surface area contributed by atoms with Crippen molar-refractivity contribution < 1.29 is 4.79 Å². The fraction of sp³-hybridized carbons (Fsp3) is 0.412. The second-order valence-electron chi connectivity index (χ2n) is 5.87. The standard InChI is InChI=1S/C17H23ClN4O/c1-12(15-5-7-16(18)8-6-15)13(2)22(4)17(23)19-9-14-10-20-21(3)11-14/h5-8,10-13H,9H2,1-4H3,(H,19,23). The number of carbonyl (C=O) groups is 1. The molecule has 1 heterocycles. The van der Waals surface area contributed by atoms with Crippen LogP contribution in [0.3, 0.4) is 0 Å². The van der Waals surface area contributed by atoms with E-state index in [0.29, 0.717) is 6.54 Å². The molecule has 2 rings (SSSR count). The second-order valence-corrected chi connectivity index (χ2v) is 6.31. The van der Waals surface area contributed by atoms with E-state index in [0.717, 1.165) is 16.1 Å². The van der Waals surface area contributed by atoms with Crippen molar-refractivity contribution in [2.75, 3.05) is 7.05 Å². The molecule has 0 radical (unpaired) electrons. The lowest BCUT2D eigenvalue weighted by atomic mass is 9.94. The Hall–Kier alpha value is -2.01. The first-order valence-corrected chi connectivity index (χ1v) is 8.00. The van der Waals surface area contributed by atoms with Crippen molar-refractivity contribution in [2.24, 2.45) is 7.05 Å². The summed E-state index contributed by atoms with van der Waals surface area (Å²) in [6.45, 7) is 4.63. The fourth-order valence-corrected chi connectivity index (χ4v) is 2.56. The molecule has 6 heteroatoms. The molecule has 0 aliphatic heterocycles. The zero-order valence-corrected chi connectivity index (χ0v) is 14.7. The number of likely N-dealkylation sites (N-methyl/N-ethyl adjacent to an activating group) is 1. The third kappa shape index (κ3) is 4.48. The number of rotatable bonds is 5. The summed E-state index contributed by atoms with van der Waals surface area (Å²) in [5, 5.41) is 7.73. The summed E-state index contributed by atoms with van der Waals surface area (Å²) in [6.07, 6.45) is 3.64. The van der Waals surface area contributed by atoms with Crippen LogP contribution in [0.2, 0.25) is 5.02 Å². The Kier molecular flexibility index (Phi) is 5.66. The Morgan fingerprint density at radius 3 is 2.57 bits per heavy atom. The smallest absolute Gasteiger partial charge is 0.317 e. The minimum Gasteiger partial charge on any atom is -0.334 e. The van der Waals surface area contributed by atoms with Gasteiger partial charge in [0.2, 0.25) is 0 Å². The van der Waals surface area contributed by atoms with Crippen LogP contribution in [0.4, 0.5) is 4.79 Å². The first-order valence-electron chi connectivity index (χ1n) is 7.62. The van der Waals surface area contributed by atoms with Gasteiger partial charge in [-0.2, -0.15) is 5.10 Å². The van der Waals surface area contributed by atoms with Crippen molar-refractivity contribution in [1.82, 2.24) is 20.0 Å². The Morgan fingerprint density at radius 2 is 2.00 bits per heavy atom. The average Bonchev–Trinajstić information content (AvgIpc) is 2.96. The molecule has 0 bridgehead atoms. The highest BCUT2D eigenvalue weighted by molar-refractivity contribution is 6.30. The molecule has 2 amide bonds. The van der Waals surface area contributed by atoms with Crippen LogP contribution in [0.5, 0.6) is 0 Å². The third-order valence-electron chi connectivity index (χ3n) is 4.25. The van der Waals surface area contributed by atoms with E-state index in [-0.39, 0.29) is 18.0 Å². The number of hydrogen-bond donors (Lipinski definition) is 1. The van der Waals surface area contributed by atoms with E-state index in [9.17, 15) is 4.79 Å². The van der Waals surface area contributed by atoms with Crippen molar-refractivity contribution >= 4 is 17.6 Å². The van der Waals surface area contributed by atoms with Gasteiger partial charge in [0, 0.05) is 49.4 Å². The van der Waals surface area contributed by atoms with Crippen LogP contribution < -0.4 is 5.32 Å². The molecular formula is C17H23ClN4O. The lowest BCUT2D eigenvalue weighted by molar-refractivity contribution is 0.187. The fourth-order valence-electron chi connectivity index (χ4n) is 2.43. The van der Waals surface area contributed by atoms with Crippen LogP contribution in [0.15, 0.2) is 36.7 Å². The van der Waals surface area contributed by atoms with Gasteiger partial charge in [-0.1, -0.05) is 30.7 Å². The maximum absolute atomic E-state index is 12.3. The van der Waals surface area contributed by atoms with Crippen LogP contribution in [0.25, 0.3) is 0 Å². The summed E-state index contributed by atoms with van der Waals surface area (Å²) in [5.41, 5.74) is 2.14. The predicted octanol–water partition coefficient (Wildman–Crippen LogP) is 3.41. The van der Waals surface area contributed by atoms with Gasteiger partial charge < -0.3 is 10.2 Å². The lowest BCUT2D eigenvalue weighted by Crippen LogP contribution is -2.44. The molecule has 5 nitrogen and oxygen atoms in total. The maximum Gasteiger partial charge on any atom is 0.317 e. The van der Waals surface area contributed by atoms with Gasteiger partial charge in [-0.05, 0) is 24.6 Å². The van der Waals surface area contributed by atoms with Crippen molar-refractivity contribution in [1.29, 1.82) is 0 Å². The molecule has 0 fully saturated rings. The highest BCUT2D eigenvalue weighted by Crippen LogP contribution is 2.23. The summed E-state index contributed by atoms with van der Waals surface area (Å²) < 4.78 is 1.72. The molecule has 1 aromatic carbocycles. The second kappa shape index (κ2) is 7.51. The van der Waals surface area contributed by atoms with Gasteiger partial charge in [0.25, 0.3) is 0 Å². The molecule has 0 saturated heterocycles. The topological polar surface area (TPSA) is 50.2 Å². The molecule has 0 aliphatic rings. The number of carbonyl (C=O) groups excluding carboxylic acids is 1. The zero-order chi connectivity index (χ0) is 17.0. The number of amides is 2.